The second-order valence-electron chi connectivity index (χ2n) is 9.09. The molecule has 0 bridgehead atoms. The summed E-state index contributed by atoms with van der Waals surface area (Å²) in [6.07, 6.45) is 7.94. The van der Waals surface area contributed by atoms with E-state index in [1.54, 1.807) is 18.0 Å². The topological polar surface area (TPSA) is 94.1 Å². The molecule has 3 N–H and O–H groups in total. The first kappa shape index (κ1) is 20.0. The van der Waals surface area contributed by atoms with Crippen LogP contribution in [0.1, 0.15) is 68.2 Å². The molecule has 0 spiro atoms. The monoisotopic (exact) mass is 418 g/mol. The van der Waals surface area contributed by atoms with Crippen molar-refractivity contribution in [1.82, 2.24) is 24.6 Å². The van der Waals surface area contributed by atoms with Gasteiger partial charge in [-0.1, -0.05) is 13.8 Å². The molecular weight excluding hydrogens is 388 g/mol. The van der Waals surface area contributed by atoms with Gasteiger partial charge < -0.3 is 15.5 Å². The molecule has 0 atom stereocenters. The lowest BCUT2D eigenvalue weighted by Gasteiger charge is -2.26. The zero-order chi connectivity index (χ0) is 21.7. The van der Waals surface area contributed by atoms with Crippen LogP contribution in [-0.2, 0) is 0 Å². The first-order chi connectivity index (χ1) is 15.0. The summed E-state index contributed by atoms with van der Waals surface area (Å²) >= 11 is 0. The lowest BCUT2D eigenvalue weighted by molar-refractivity contribution is 0.390. The third kappa shape index (κ3) is 3.37. The first-order valence-electron chi connectivity index (χ1n) is 11.1. The molecule has 1 fully saturated rings. The van der Waals surface area contributed by atoms with Crippen LogP contribution in [0.5, 0.6) is 5.75 Å². The SMILES string of the molecule is COc1cc(-c2[nH]c3cc(C)c(C4CCC(N)CC4)nc3c2C(C)C)cn2ncnc12. The Balaban J connectivity index is 1.68. The standard InChI is InChI=1S/C24H30N6O/c1-13(2)20-22(16-10-19(31-4)24-26-12-27-30(24)11-16)28-18-9-14(3)21(29-23(18)20)15-5-7-17(25)8-6-15/h9-13,15,17,28H,5-8,25H2,1-4H3. The molecule has 4 heterocycles. The third-order valence-corrected chi connectivity index (χ3v) is 6.62. The molecule has 4 aromatic heterocycles. The van der Waals surface area contributed by atoms with E-state index in [-0.39, 0.29) is 0 Å². The molecule has 0 aromatic carbocycles. The summed E-state index contributed by atoms with van der Waals surface area (Å²) in [4.78, 5) is 13.2. The van der Waals surface area contributed by atoms with E-state index in [0.29, 0.717) is 29.3 Å². The van der Waals surface area contributed by atoms with Crippen molar-refractivity contribution in [3.05, 3.63) is 41.5 Å². The zero-order valence-electron chi connectivity index (χ0n) is 18.6. The van der Waals surface area contributed by atoms with E-state index in [1.807, 2.05) is 12.3 Å². The van der Waals surface area contributed by atoms with Crippen molar-refractivity contribution in [2.45, 2.75) is 64.3 Å². The predicted molar refractivity (Wildman–Crippen MR) is 123 cm³/mol. The maximum Gasteiger partial charge on any atom is 0.197 e. The molecule has 5 rings (SSSR count). The molecule has 31 heavy (non-hydrogen) atoms. The van der Waals surface area contributed by atoms with Crippen molar-refractivity contribution in [3.63, 3.8) is 0 Å². The Morgan fingerprint density at radius 2 is 1.97 bits per heavy atom. The number of nitrogens with one attached hydrogen (secondary N) is 1. The second-order valence-corrected chi connectivity index (χ2v) is 9.09. The number of fused-ring (bicyclic) bond motifs is 2. The Bertz CT molecular complexity index is 1250. The summed E-state index contributed by atoms with van der Waals surface area (Å²) in [6.45, 7) is 6.62. The van der Waals surface area contributed by atoms with Crippen LogP contribution in [0, 0.1) is 6.92 Å². The lowest BCUT2D eigenvalue weighted by atomic mass is 9.83. The number of aromatic nitrogens is 5. The normalized spacial score (nSPS) is 19.5. The van der Waals surface area contributed by atoms with Gasteiger partial charge in [-0.05, 0) is 56.2 Å². The van der Waals surface area contributed by atoms with E-state index in [4.69, 9.17) is 15.5 Å². The maximum atomic E-state index is 6.14. The van der Waals surface area contributed by atoms with E-state index in [9.17, 15) is 0 Å². The van der Waals surface area contributed by atoms with Gasteiger partial charge in [-0.3, -0.25) is 4.98 Å². The Hall–Kier alpha value is -2.93. The van der Waals surface area contributed by atoms with Crippen LogP contribution in [0.4, 0.5) is 0 Å². The van der Waals surface area contributed by atoms with Crippen molar-refractivity contribution in [3.8, 4) is 17.0 Å². The summed E-state index contributed by atoms with van der Waals surface area (Å²) in [5.74, 6) is 1.50. The van der Waals surface area contributed by atoms with Gasteiger partial charge in [0.25, 0.3) is 0 Å². The van der Waals surface area contributed by atoms with Crippen LogP contribution in [0.15, 0.2) is 24.7 Å². The molecule has 4 aromatic rings. The molecule has 162 valence electrons. The van der Waals surface area contributed by atoms with Gasteiger partial charge in [0.1, 0.15) is 6.33 Å². The van der Waals surface area contributed by atoms with E-state index in [2.05, 4.69) is 41.9 Å². The lowest BCUT2D eigenvalue weighted by Crippen LogP contribution is -2.26. The molecule has 0 aliphatic heterocycles. The highest BCUT2D eigenvalue weighted by molar-refractivity contribution is 5.89. The number of rotatable bonds is 4. The Kier molecular flexibility index (Phi) is 4.93. The minimum Gasteiger partial charge on any atom is -0.493 e. The fraction of sp³-hybridized carbons (Fsp3) is 0.458. The largest absolute Gasteiger partial charge is 0.493 e. The van der Waals surface area contributed by atoms with Gasteiger partial charge in [0.05, 0.1) is 23.8 Å². The van der Waals surface area contributed by atoms with Gasteiger partial charge >= 0.3 is 0 Å². The number of nitrogens with two attached hydrogens (primary N) is 1. The quantitative estimate of drug-likeness (QED) is 0.501. The number of aryl methyl sites for hydroxylation is 1. The number of hydrogen-bond acceptors (Lipinski definition) is 5. The van der Waals surface area contributed by atoms with Gasteiger partial charge in [0.2, 0.25) is 0 Å². The molecule has 0 unspecified atom stereocenters. The van der Waals surface area contributed by atoms with Crippen molar-refractivity contribution in [1.29, 1.82) is 0 Å². The third-order valence-electron chi connectivity index (χ3n) is 6.62. The van der Waals surface area contributed by atoms with Crippen molar-refractivity contribution in [2.75, 3.05) is 7.11 Å². The summed E-state index contributed by atoms with van der Waals surface area (Å²) in [7, 11) is 1.66. The van der Waals surface area contributed by atoms with E-state index in [0.717, 1.165) is 48.0 Å². The smallest absolute Gasteiger partial charge is 0.197 e. The summed E-state index contributed by atoms with van der Waals surface area (Å²) in [5.41, 5.74) is 14.8. The van der Waals surface area contributed by atoms with E-state index >= 15 is 0 Å². The molecule has 7 nitrogen and oxygen atoms in total. The van der Waals surface area contributed by atoms with Crippen LogP contribution in [0.3, 0.4) is 0 Å². The number of hydrogen-bond donors (Lipinski definition) is 2. The Morgan fingerprint density at radius 1 is 1.19 bits per heavy atom. The zero-order valence-corrected chi connectivity index (χ0v) is 18.6. The Labute approximate surface area is 182 Å². The minimum absolute atomic E-state index is 0.309. The number of ether oxygens (including phenoxy) is 1. The summed E-state index contributed by atoms with van der Waals surface area (Å²) < 4.78 is 7.35. The van der Waals surface area contributed by atoms with Crippen LogP contribution in [-0.4, -0.2) is 37.7 Å². The Morgan fingerprint density at radius 3 is 2.68 bits per heavy atom. The first-order valence-corrected chi connectivity index (χ1v) is 11.1. The average molecular weight is 419 g/mol. The number of methoxy groups -OCH3 is 1. The van der Waals surface area contributed by atoms with Crippen LogP contribution < -0.4 is 10.5 Å². The molecule has 1 aliphatic rings. The molecule has 1 aliphatic carbocycles. The maximum absolute atomic E-state index is 6.14. The molecule has 0 radical (unpaired) electrons. The van der Waals surface area contributed by atoms with Crippen molar-refractivity contribution >= 4 is 16.7 Å². The van der Waals surface area contributed by atoms with Gasteiger partial charge in [-0.2, -0.15) is 5.10 Å². The summed E-state index contributed by atoms with van der Waals surface area (Å²) in [6, 6.07) is 4.62. The van der Waals surface area contributed by atoms with Gasteiger partial charge in [0, 0.05) is 35.0 Å². The number of H-pyrrole nitrogens is 1. The average Bonchev–Trinajstić information content (AvgIpc) is 3.37. The highest BCUT2D eigenvalue weighted by Gasteiger charge is 2.25. The number of pyridine rings is 2. The van der Waals surface area contributed by atoms with Crippen LogP contribution >= 0.6 is 0 Å². The molecular formula is C24H30N6O. The van der Waals surface area contributed by atoms with E-state index in [1.165, 1.54) is 16.8 Å². The number of nitrogens with zero attached hydrogens (tertiary/aromatic N) is 4. The van der Waals surface area contributed by atoms with Crippen LogP contribution in [0.2, 0.25) is 0 Å². The fourth-order valence-corrected chi connectivity index (χ4v) is 5.03. The van der Waals surface area contributed by atoms with Crippen molar-refractivity contribution in [2.24, 2.45) is 5.73 Å². The predicted octanol–water partition coefficient (Wildman–Crippen LogP) is 4.70. The second kappa shape index (κ2) is 7.64. The highest BCUT2D eigenvalue weighted by Crippen LogP contribution is 2.39. The van der Waals surface area contributed by atoms with Gasteiger partial charge in [-0.15, -0.1) is 0 Å². The minimum atomic E-state index is 0.309. The summed E-state index contributed by atoms with van der Waals surface area (Å²) in [5, 5.41) is 4.32. The molecule has 7 heteroatoms. The van der Waals surface area contributed by atoms with Gasteiger partial charge in [0.15, 0.2) is 11.4 Å². The van der Waals surface area contributed by atoms with Crippen LogP contribution in [0.25, 0.3) is 27.9 Å². The number of aromatic amines is 1. The van der Waals surface area contributed by atoms with E-state index < -0.39 is 0 Å². The highest BCUT2D eigenvalue weighted by atomic mass is 16.5. The molecule has 0 amide bonds. The fourth-order valence-electron chi connectivity index (χ4n) is 5.03. The van der Waals surface area contributed by atoms with Gasteiger partial charge in [-0.25, -0.2) is 9.50 Å². The van der Waals surface area contributed by atoms with Crippen molar-refractivity contribution < 1.29 is 4.74 Å². The molecule has 0 saturated heterocycles. The molecule has 1 saturated carbocycles.